The fourth-order valence-electron chi connectivity index (χ4n) is 0. The Morgan fingerprint density at radius 3 is 1.12 bits per heavy atom. The van der Waals surface area contributed by atoms with Crippen LogP contribution in [0.1, 0.15) is 0 Å². The highest BCUT2D eigenvalue weighted by Gasteiger charge is 2.63. The van der Waals surface area contributed by atoms with E-state index in [1.54, 1.807) is 0 Å². The molecule has 0 spiro atoms. The third kappa shape index (κ3) is 6.25. The Labute approximate surface area is 46.8 Å². The predicted molar refractivity (Wildman–Crippen MR) is 22.1 cm³/mol. The first-order valence-electron chi connectivity index (χ1n) is 1.16. The molecule has 54 valence electrons. The Morgan fingerprint density at radius 2 is 1.12 bits per heavy atom. The van der Waals surface area contributed by atoms with Gasteiger partial charge >= 0.3 is 10.4 Å². The Kier molecular flexibility index (Phi) is 1.11. The highest BCUT2D eigenvalue weighted by atomic mass is 35.5. The normalized spacial score (nSPS) is 21.8. The van der Waals surface area contributed by atoms with Crippen molar-refractivity contribution >= 4 is 22.2 Å². The zero-order valence-corrected chi connectivity index (χ0v) is 4.75. The molecule has 0 aliphatic rings. The van der Waals surface area contributed by atoms with Crippen molar-refractivity contribution < 1.29 is 19.4 Å². The Bertz CT molecular complexity index is 95.6. The van der Waals surface area contributed by atoms with Crippen LogP contribution in [0.3, 0.4) is 0 Å². The van der Waals surface area contributed by atoms with Crippen molar-refractivity contribution in [3.8, 4) is 0 Å². The van der Waals surface area contributed by atoms with Crippen LogP contribution in [0.15, 0.2) is 0 Å². The van der Waals surface area contributed by atoms with Crippen LogP contribution in [0.5, 0.6) is 0 Å². The number of hydrogen-bond acceptors (Lipinski definition) is 1. The van der Waals surface area contributed by atoms with E-state index in [-0.39, 0.29) is 0 Å². The molecule has 0 radical (unpaired) electrons. The molecule has 0 aromatic rings. The van der Waals surface area contributed by atoms with E-state index < -0.39 is 14.7 Å². The highest BCUT2D eigenvalue weighted by molar-refractivity contribution is 8.44. The Morgan fingerprint density at radius 1 is 1.00 bits per heavy atom. The number of hydrogen-bond donors (Lipinski definition) is 1. The monoisotopic (exact) mass is 177 g/mol. The molecule has 0 heterocycles. The lowest BCUT2D eigenvalue weighted by Gasteiger charge is -2.37. The molecule has 1 nitrogen and oxygen atoms in total. The van der Waals surface area contributed by atoms with Gasteiger partial charge in [-0.1, -0.05) is 23.7 Å². The van der Waals surface area contributed by atoms with Crippen LogP contribution in [-0.2, 0) is 0 Å². The van der Waals surface area contributed by atoms with Crippen molar-refractivity contribution in [1.29, 1.82) is 0 Å². The second kappa shape index (κ2) is 1.07. The van der Waals surface area contributed by atoms with E-state index in [0.717, 1.165) is 0 Å². The van der Waals surface area contributed by atoms with Gasteiger partial charge in [0.05, 0.1) is 0 Å². The van der Waals surface area contributed by atoms with Gasteiger partial charge in [-0.25, -0.2) is 0 Å². The molecule has 0 aromatic carbocycles. The van der Waals surface area contributed by atoms with Gasteiger partial charge < -0.3 is 0 Å². The molecule has 0 saturated heterocycles. The lowest BCUT2D eigenvalue weighted by Crippen LogP contribution is -2.17. The molecule has 0 saturated carbocycles. The van der Waals surface area contributed by atoms with E-state index in [0.29, 0.717) is 0 Å². The number of halogens is 6. The van der Waals surface area contributed by atoms with E-state index in [9.17, 15) is 19.4 Å². The summed E-state index contributed by atoms with van der Waals surface area (Å²) in [5.74, 6) is 0. The Hall–Kier alpha value is 0.250. The molecular weight excluding hydrogens is 177 g/mol. The fourth-order valence-corrected chi connectivity index (χ4v) is 0. The summed E-state index contributed by atoms with van der Waals surface area (Å²) in [6, 6.07) is 0. The largest absolute Gasteiger partial charge is 0.355 e. The van der Waals surface area contributed by atoms with Crippen LogP contribution < -0.4 is 4.24 Å². The molecule has 0 aliphatic carbocycles. The molecule has 0 bridgehead atoms. The quantitative estimate of drug-likeness (QED) is 0.480. The van der Waals surface area contributed by atoms with E-state index in [2.05, 4.69) is 11.8 Å². The zero-order chi connectivity index (χ0) is 7.12. The minimum Gasteiger partial charge on any atom is -0.0933 e. The van der Waals surface area contributed by atoms with Crippen molar-refractivity contribution in [3.05, 3.63) is 0 Å². The summed E-state index contributed by atoms with van der Waals surface area (Å²) in [6.07, 6.45) is 0. The Balaban J connectivity index is 4.50. The van der Waals surface area contributed by atoms with Gasteiger partial charge in [-0.2, -0.15) is 0 Å². The second-order valence-corrected chi connectivity index (χ2v) is 3.60. The van der Waals surface area contributed by atoms with Crippen LogP contribution in [0, 0.1) is 0 Å². The van der Waals surface area contributed by atoms with Crippen LogP contribution in [-0.4, -0.2) is 0 Å². The van der Waals surface area contributed by atoms with Gasteiger partial charge in [-0.15, -0.1) is 0 Å². The summed E-state index contributed by atoms with van der Waals surface area (Å²) in [4.78, 5) is 0. The average Bonchev–Trinajstić information content (AvgIpc) is 1.30. The van der Waals surface area contributed by atoms with E-state index in [4.69, 9.17) is 0 Å². The number of nitrogens with one attached hydrogen (secondary N) is 1. The van der Waals surface area contributed by atoms with Crippen LogP contribution in [0.2, 0.25) is 0 Å². The molecule has 0 aliphatic heterocycles. The van der Waals surface area contributed by atoms with Gasteiger partial charge in [0, 0.05) is 0 Å². The van der Waals surface area contributed by atoms with Gasteiger partial charge in [0.15, 0.2) is 0 Å². The molecule has 0 amide bonds. The van der Waals surface area contributed by atoms with Crippen molar-refractivity contribution in [2.45, 2.75) is 0 Å². The standard InChI is InChI=1S/ClF5HNS/c1-7-8(2,3,4,5)6/h7H. The first-order chi connectivity index (χ1) is 3.04. The van der Waals surface area contributed by atoms with Crippen LogP contribution >= 0.6 is 22.2 Å². The van der Waals surface area contributed by atoms with Gasteiger partial charge in [-0.05, 0) is 11.8 Å². The predicted octanol–water partition coefficient (Wildman–Crippen LogP) is 2.94. The molecule has 8 heavy (non-hydrogen) atoms. The molecule has 0 rings (SSSR count). The molecule has 1 N–H and O–H groups in total. The molecule has 8 heteroatoms. The van der Waals surface area contributed by atoms with E-state index in [1.165, 1.54) is 0 Å². The fraction of sp³-hybridized carbons (Fsp3) is 0. The molecule has 0 fully saturated rings. The topological polar surface area (TPSA) is 12.0 Å². The van der Waals surface area contributed by atoms with Gasteiger partial charge in [-0.3, -0.25) is 0 Å². The minimum atomic E-state index is -9.49. The summed E-state index contributed by atoms with van der Waals surface area (Å²) in [6.45, 7) is 0. The maximum absolute atomic E-state index is 10.7. The van der Waals surface area contributed by atoms with Crippen LogP contribution in [0.25, 0.3) is 0 Å². The smallest absolute Gasteiger partial charge is 0.0933 e. The summed E-state index contributed by atoms with van der Waals surface area (Å²) in [7, 11) is -9.49. The lowest BCUT2D eigenvalue weighted by atomic mass is 13.9. The summed E-state index contributed by atoms with van der Waals surface area (Å²) in [5, 5.41) is 0. The van der Waals surface area contributed by atoms with Crippen LogP contribution in [0.4, 0.5) is 19.4 Å². The van der Waals surface area contributed by atoms with Crippen molar-refractivity contribution in [3.63, 3.8) is 0 Å². The summed E-state index contributed by atoms with van der Waals surface area (Å²) >= 11 is 3.69. The van der Waals surface area contributed by atoms with E-state index >= 15 is 0 Å². The second-order valence-electron chi connectivity index (χ2n) is 1.05. The van der Waals surface area contributed by atoms with Gasteiger partial charge in [0.1, 0.15) is 0 Å². The zero-order valence-electron chi connectivity index (χ0n) is 3.18. The first-order valence-corrected chi connectivity index (χ1v) is 3.49. The SMILES string of the molecule is FS(F)(F)(F)(F)NCl. The molecule has 0 unspecified atom stereocenters. The molecule has 0 atom stereocenters. The van der Waals surface area contributed by atoms with Gasteiger partial charge in [0.2, 0.25) is 0 Å². The summed E-state index contributed by atoms with van der Waals surface area (Å²) in [5.41, 5.74) is 0. The minimum absolute atomic E-state index is 0.486. The van der Waals surface area contributed by atoms with Crippen molar-refractivity contribution in [1.82, 2.24) is 4.24 Å². The highest BCUT2D eigenvalue weighted by Crippen LogP contribution is 2.95. The number of rotatable bonds is 1. The van der Waals surface area contributed by atoms with Crippen molar-refractivity contribution in [2.75, 3.05) is 0 Å². The van der Waals surface area contributed by atoms with Gasteiger partial charge in [0.25, 0.3) is 0 Å². The molecule has 0 aromatic heterocycles. The van der Waals surface area contributed by atoms with Crippen molar-refractivity contribution in [2.24, 2.45) is 0 Å². The third-order valence-corrected chi connectivity index (χ3v) is 1.31. The molecular formula is HClF5NS. The average molecular weight is 178 g/mol. The maximum Gasteiger partial charge on any atom is 0.355 e. The first kappa shape index (κ1) is 8.25. The summed E-state index contributed by atoms with van der Waals surface area (Å²) < 4.78 is 53.0. The lowest BCUT2D eigenvalue weighted by molar-refractivity contribution is 0.358. The maximum atomic E-state index is 10.7. The van der Waals surface area contributed by atoms with E-state index in [1.807, 2.05) is 0 Å². The third-order valence-electron chi connectivity index (χ3n) is 0.146.